The predicted molar refractivity (Wildman–Crippen MR) is 91.5 cm³/mol. The zero-order valence-corrected chi connectivity index (χ0v) is 13.2. The summed E-state index contributed by atoms with van der Waals surface area (Å²) < 4.78 is 14.5. The molecule has 0 atom stereocenters. The Morgan fingerprint density at radius 3 is 2.88 bits per heavy atom. The van der Waals surface area contributed by atoms with Crippen molar-refractivity contribution < 1.29 is 9.18 Å². The van der Waals surface area contributed by atoms with Gasteiger partial charge in [-0.25, -0.2) is 14.2 Å². The van der Waals surface area contributed by atoms with E-state index in [9.17, 15) is 18.8 Å². The van der Waals surface area contributed by atoms with Crippen LogP contribution in [0.1, 0.15) is 16.1 Å². The zero-order chi connectivity index (χ0) is 18.3. The monoisotopic (exact) mass is 353 g/mol. The van der Waals surface area contributed by atoms with E-state index in [1.54, 1.807) is 6.07 Å². The van der Waals surface area contributed by atoms with E-state index in [1.807, 2.05) is 0 Å². The SMILES string of the molecule is O=C(NCc1cc2ccc(F)cc2[nH]c1=O)c1cc2cncn2c(=O)[nH]1. The molecule has 0 radical (unpaired) electrons. The maximum absolute atomic E-state index is 13.2. The van der Waals surface area contributed by atoms with E-state index >= 15 is 0 Å². The van der Waals surface area contributed by atoms with Gasteiger partial charge in [-0.3, -0.25) is 14.0 Å². The lowest BCUT2D eigenvalue weighted by atomic mass is 10.1. The summed E-state index contributed by atoms with van der Waals surface area (Å²) in [5.74, 6) is -0.988. The number of rotatable bonds is 3. The average Bonchev–Trinajstić information content (AvgIpc) is 3.09. The first-order valence-electron chi connectivity index (χ1n) is 7.66. The molecule has 0 saturated carbocycles. The van der Waals surface area contributed by atoms with Crippen molar-refractivity contribution in [1.82, 2.24) is 24.7 Å². The van der Waals surface area contributed by atoms with Crippen molar-refractivity contribution in [2.75, 3.05) is 0 Å². The van der Waals surface area contributed by atoms with Gasteiger partial charge in [-0.2, -0.15) is 0 Å². The van der Waals surface area contributed by atoms with Crippen LogP contribution in [0.25, 0.3) is 16.4 Å². The van der Waals surface area contributed by atoms with Crippen LogP contribution in [0.3, 0.4) is 0 Å². The van der Waals surface area contributed by atoms with Gasteiger partial charge in [-0.1, -0.05) is 0 Å². The third-order valence-corrected chi connectivity index (χ3v) is 3.99. The Labute approximate surface area is 144 Å². The van der Waals surface area contributed by atoms with Crippen molar-refractivity contribution in [2.45, 2.75) is 6.54 Å². The second-order valence-corrected chi connectivity index (χ2v) is 5.71. The number of amides is 1. The molecule has 4 rings (SSSR count). The molecule has 0 fully saturated rings. The third kappa shape index (κ3) is 2.75. The fraction of sp³-hybridized carbons (Fsp3) is 0.0588. The maximum atomic E-state index is 13.2. The van der Waals surface area contributed by atoms with Crippen LogP contribution >= 0.6 is 0 Å². The first kappa shape index (κ1) is 15.8. The highest BCUT2D eigenvalue weighted by molar-refractivity contribution is 5.93. The summed E-state index contributed by atoms with van der Waals surface area (Å²) in [4.78, 5) is 45.1. The molecule has 0 saturated heterocycles. The highest BCUT2D eigenvalue weighted by Gasteiger charge is 2.11. The van der Waals surface area contributed by atoms with Gasteiger partial charge in [0.25, 0.3) is 11.5 Å². The second kappa shape index (κ2) is 5.96. The van der Waals surface area contributed by atoms with Gasteiger partial charge in [0.05, 0.1) is 17.2 Å². The summed E-state index contributed by atoms with van der Waals surface area (Å²) in [6, 6.07) is 7.12. The van der Waals surface area contributed by atoms with E-state index in [0.717, 1.165) is 0 Å². The Bertz CT molecular complexity index is 1270. The molecule has 26 heavy (non-hydrogen) atoms. The van der Waals surface area contributed by atoms with Gasteiger partial charge in [0.2, 0.25) is 0 Å². The molecule has 0 aliphatic carbocycles. The minimum atomic E-state index is -0.538. The molecule has 8 nitrogen and oxygen atoms in total. The van der Waals surface area contributed by atoms with Crippen LogP contribution in [0.4, 0.5) is 4.39 Å². The molecule has 3 aromatic heterocycles. The number of pyridine rings is 1. The first-order valence-corrected chi connectivity index (χ1v) is 7.66. The lowest BCUT2D eigenvalue weighted by molar-refractivity contribution is 0.0945. The van der Waals surface area contributed by atoms with Gasteiger partial charge in [0.1, 0.15) is 17.8 Å². The minimum absolute atomic E-state index is 0.0477. The molecular weight excluding hydrogens is 341 g/mol. The number of aromatic nitrogens is 4. The van der Waals surface area contributed by atoms with E-state index in [1.165, 1.54) is 41.2 Å². The lowest BCUT2D eigenvalue weighted by Gasteiger charge is -2.07. The highest BCUT2D eigenvalue weighted by Crippen LogP contribution is 2.12. The number of H-pyrrole nitrogens is 2. The smallest absolute Gasteiger partial charge is 0.331 e. The molecule has 3 heterocycles. The molecule has 0 aliphatic heterocycles. The summed E-state index contributed by atoms with van der Waals surface area (Å²) in [6.07, 6.45) is 2.80. The summed E-state index contributed by atoms with van der Waals surface area (Å²) >= 11 is 0. The number of hydrogen-bond donors (Lipinski definition) is 3. The Morgan fingerprint density at radius 2 is 2.04 bits per heavy atom. The maximum Gasteiger partial charge on any atom is 0.331 e. The number of benzene rings is 1. The van der Waals surface area contributed by atoms with Crippen molar-refractivity contribution in [2.24, 2.45) is 0 Å². The Morgan fingerprint density at radius 1 is 1.19 bits per heavy atom. The molecule has 0 spiro atoms. The molecule has 130 valence electrons. The highest BCUT2D eigenvalue weighted by atomic mass is 19.1. The van der Waals surface area contributed by atoms with E-state index in [2.05, 4.69) is 20.3 Å². The number of aromatic amines is 2. The largest absolute Gasteiger partial charge is 0.346 e. The van der Waals surface area contributed by atoms with E-state index in [4.69, 9.17) is 0 Å². The number of carbonyl (C=O) groups excluding carboxylic acids is 1. The topological polar surface area (TPSA) is 112 Å². The zero-order valence-electron chi connectivity index (χ0n) is 13.2. The molecule has 9 heteroatoms. The summed E-state index contributed by atoms with van der Waals surface area (Å²) in [5.41, 5.74) is 0.302. The van der Waals surface area contributed by atoms with Gasteiger partial charge in [-0.15, -0.1) is 0 Å². The number of nitrogens with zero attached hydrogens (tertiary/aromatic N) is 2. The Kier molecular flexibility index (Phi) is 3.61. The van der Waals surface area contributed by atoms with Crippen LogP contribution < -0.4 is 16.6 Å². The van der Waals surface area contributed by atoms with Crippen molar-refractivity contribution in [3.8, 4) is 0 Å². The molecule has 1 amide bonds. The molecular formula is C17H12FN5O3. The molecule has 4 aromatic rings. The van der Waals surface area contributed by atoms with Crippen LogP contribution in [0.2, 0.25) is 0 Å². The van der Waals surface area contributed by atoms with Crippen LogP contribution in [0.5, 0.6) is 0 Å². The lowest BCUT2D eigenvalue weighted by Crippen LogP contribution is -2.29. The fourth-order valence-corrected chi connectivity index (χ4v) is 2.68. The van der Waals surface area contributed by atoms with E-state index in [0.29, 0.717) is 22.0 Å². The number of carbonyl (C=O) groups is 1. The summed E-state index contributed by atoms with van der Waals surface area (Å²) in [7, 11) is 0. The standard InChI is InChI=1S/C17H12FN5O3/c18-11-2-1-9-3-10(15(24)21-13(9)4-11)6-20-16(25)14-5-12-7-19-8-23(12)17(26)22-14/h1-5,7-8H,6H2,(H,20,25)(H,21,24)(H,22,26). The third-order valence-electron chi connectivity index (χ3n) is 3.99. The van der Waals surface area contributed by atoms with Crippen molar-refractivity contribution >= 4 is 22.3 Å². The van der Waals surface area contributed by atoms with Crippen LogP contribution in [-0.4, -0.2) is 25.3 Å². The molecule has 0 unspecified atom stereocenters. The predicted octanol–water partition coefficient (Wildman–Crippen LogP) is 0.933. The molecule has 1 aromatic carbocycles. The minimum Gasteiger partial charge on any atom is -0.346 e. The van der Waals surface area contributed by atoms with Gasteiger partial charge >= 0.3 is 5.69 Å². The quantitative estimate of drug-likeness (QED) is 0.509. The molecule has 3 N–H and O–H groups in total. The number of nitrogens with one attached hydrogen (secondary N) is 3. The molecule has 0 aliphatic rings. The van der Waals surface area contributed by atoms with Crippen LogP contribution in [-0.2, 0) is 6.54 Å². The van der Waals surface area contributed by atoms with E-state index < -0.39 is 23.0 Å². The number of imidazole rings is 1. The number of halogens is 1. The van der Waals surface area contributed by atoms with Gasteiger partial charge in [0.15, 0.2) is 0 Å². The van der Waals surface area contributed by atoms with Gasteiger partial charge < -0.3 is 15.3 Å². The molecule has 0 bridgehead atoms. The van der Waals surface area contributed by atoms with E-state index in [-0.39, 0.29) is 12.2 Å². The Hall–Kier alpha value is -3.75. The average molecular weight is 353 g/mol. The van der Waals surface area contributed by atoms with Crippen molar-refractivity contribution in [3.05, 3.63) is 80.8 Å². The first-order chi connectivity index (χ1) is 12.5. The number of hydrogen-bond acceptors (Lipinski definition) is 4. The summed E-state index contributed by atoms with van der Waals surface area (Å²) in [5, 5.41) is 3.23. The Balaban J connectivity index is 1.59. The fourth-order valence-electron chi connectivity index (χ4n) is 2.68. The normalized spacial score (nSPS) is 11.1. The van der Waals surface area contributed by atoms with Crippen LogP contribution in [0.15, 0.2) is 52.4 Å². The van der Waals surface area contributed by atoms with Crippen LogP contribution in [0, 0.1) is 5.82 Å². The summed E-state index contributed by atoms with van der Waals surface area (Å²) in [6.45, 7) is -0.0477. The second-order valence-electron chi connectivity index (χ2n) is 5.71. The van der Waals surface area contributed by atoms with Crippen molar-refractivity contribution in [3.63, 3.8) is 0 Å². The number of fused-ring (bicyclic) bond motifs is 2. The van der Waals surface area contributed by atoms with Gasteiger partial charge in [0, 0.05) is 12.1 Å². The van der Waals surface area contributed by atoms with Gasteiger partial charge in [-0.05, 0) is 35.7 Å². The van der Waals surface area contributed by atoms with Crippen molar-refractivity contribution in [1.29, 1.82) is 0 Å².